The molecule has 1 aromatic heterocycles. The van der Waals surface area contributed by atoms with Crippen LogP contribution in [0.25, 0.3) is 10.9 Å². The highest BCUT2D eigenvalue weighted by Crippen LogP contribution is 2.30. The molecule has 3 N–H and O–H groups in total. The first-order chi connectivity index (χ1) is 13.6. The van der Waals surface area contributed by atoms with E-state index in [1.165, 1.54) is 11.1 Å². The number of benzene rings is 2. The Kier molecular flexibility index (Phi) is 5.02. The number of amides is 2. The monoisotopic (exact) mass is 377 g/mol. The Morgan fingerprint density at radius 3 is 2.61 bits per heavy atom. The number of nitrogens with two attached hydrogens (primary N) is 1. The minimum absolute atomic E-state index is 0.0142. The summed E-state index contributed by atoms with van der Waals surface area (Å²) >= 11 is 0. The van der Waals surface area contributed by atoms with Crippen molar-refractivity contribution >= 4 is 22.7 Å². The first-order valence-corrected chi connectivity index (χ1v) is 9.48. The molecule has 6 nitrogen and oxygen atoms in total. The molecule has 1 aliphatic heterocycles. The average Bonchev–Trinajstić information content (AvgIpc) is 3.16. The van der Waals surface area contributed by atoms with Gasteiger partial charge in [-0.2, -0.15) is 0 Å². The van der Waals surface area contributed by atoms with Crippen LogP contribution in [-0.2, 0) is 4.79 Å². The normalized spacial score (nSPS) is 14.9. The van der Waals surface area contributed by atoms with Crippen molar-refractivity contribution in [2.24, 2.45) is 5.73 Å². The van der Waals surface area contributed by atoms with Gasteiger partial charge in [0.2, 0.25) is 0 Å². The zero-order chi connectivity index (χ0) is 19.5. The summed E-state index contributed by atoms with van der Waals surface area (Å²) in [5.74, 6) is 0.342. The van der Waals surface area contributed by atoms with Crippen LogP contribution in [0.15, 0.2) is 54.6 Å². The molecule has 0 saturated carbocycles. The number of carbonyl (C=O) groups is 2. The number of ether oxygens (including phenoxy) is 1. The van der Waals surface area contributed by atoms with Gasteiger partial charge in [-0.05, 0) is 48.6 Å². The van der Waals surface area contributed by atoms with E-state index in [0.717, 1.165) is 18.4 Å². The number of hydrogen-bond acceptors (Lipinski definition) is 3. The molecule has 1 saturated heterocycles. The molecule has 0 radical (unpaired) electrons. The van der Waals surface area contributed by atoms with Crippen LogP contribution in [0.2, 0.25) is 0 Å². The number of aromatic nitrogens is 1. The summed E-state index contributed by atoms with van der Waals surface area (Å²) in [5.41, 5.74) is 8.06. The minimum atomic E-state index is -0.546. The number of para-hydroxylation sites is 1. The molecule has 0 unspecified atom stereocenters. The van der Waals surface area contributed by atoms with Crippen molar-refractivity contribution in [1.29, 1.82) is 0 Å². The SMILES string of the molecule is NC(=O)COc1cccc(C(=O)N2CCC(c3cc4ccccc4[nH]3)CC2)c1. The van der Waals surface area contributed by atoms with Gasteiger partial charge in [0.05, 0.1) is 0 Å². The standard InChI is InChI=1S/C22H23N3O3/c23-21(26)14-28-18-6-3-5-17(12-18)22(27)25-10-8-15(9-11-25)20-13-16-4-1-2-7-19(16)24-20/h1-7,12-13,15,24H,8-11,14H2,(H2,23,26). The lowest BCUT2D eigenvalue weighted by atomic mass is 9.93. The molecule has 2 heterocycles. The fraction of sp³-hybridized carbons (Fsp3) is 0.273. The highest BCUT2D eigenvalue weighted by atomic mass is 16.5. The number of fused-ring (bicyclic) bond motifs is 1. The summed E-state index contributed by atoms with van der Waals surface area (Å²) in [6, 6.07) is 17.4. The van der Waals surface area contributed by atoms with E-state index in [0.29, 0.717) is 30.3 Å². The van der Waals surface area contributed by atoms with Crippen molar-refractivity contribution in [3.05, 3.63) is 65.9 Å². The number of carbonyl (C=O) groups excluding carboxylic acids is 2. The fourth-order valence-corrected chi connectivity index (χ4v) is 3.77. The number of rotatable bonds is 5. The van der Waals surface area contributed by atoms with Crippen LogP contribution in [0.5, 0.6) is 5.75 Å². The van der Waals surface area contributed by atoms with Crippen molar-refractivity contribution in [3.8, 4) is 5.75 Å². The van der Waals surface area contributed by atoms with Gasteiger partial charge in [0.1, 0.15) is 5.75 Å². The van der Waals surface area contributed by atoms with Crippen LogP contribution in [0.3, 0.4) is 0 Å². The largest absolute Gasteiger partial charge is 0.484 e. The summed E-state index contributed by atoms with van der Waals surface area (Å²) in [6.45, 7) is 1.23. The molecule has 2 aromatic carbocycles. The smallest absolute Gasteiger partial charge is 0.255 e. The van der Waals surface area contributed by atoms with Gasteiger partial charge in [0, 0.05) is 35.8 Å². The summed E-state index contributed by atoms with van der Waals surface area (Å²) in [6.07, 6.45) is 1.85. The second kappa shape index (κ2) is 7.76. The molecule has 28 heavy (non-hydrogen) atoms. The predicted octanol–water partition coefficient (Wildman–Crippen LogP) is 3.05. The van der Waals surface area contributed by atoms with E-state index in [2.05, 4.69) is 23.2 Å². The van der Waals surface area contributed by atoms with E-state index in [4.69, 9.17) is 10.5 Å². The van der Waals surface area contributed by atoms with Crippen LogP contribution in [0.4, 0.5) is 0 Å². The van der Waals surface area contributed by atoms with Gasteiger partial charge in [-0.15, -0.1) is 0 Å². The van der Waals surface area contributed by atoms with Crippen LogP contribution in [0.1, 0.15) is 34.8 Å². The second-order valence-electron chi connectivity index (χ2n) is 7.16. The van der Waals surface area contributed by atoms with Crippen LogP contribution in [0, 0.1) is 0 Å². The minimum Gasteiger partial charge on any atom is -0.484 e. The maximum Gasteiger partial charge on any atom is 0.255 e. The van der Waals surface area contributed by atoms with Gasteiger partial charge in [0.25, 0.3) is 11.8 Å². The van der Waals surface area contributed by atoms with Crippen LogP contribution < -0.4 is 10.5 Å². The number of primary amides is 1. The van der Waals surface area contributed by atoms with Crippen molar-refractivity contribution in [2.75, 3.05) is 19.7 Å². The first kappa shape index (κ1) is 18.1. The van der Waals surface area contributed by atoms with Gasteiger partial charge < -0.3 is 20.4 Å². The Bertz CT molecular complexity index is 970. The van der Waals surface area contributed by atoms with E-state index in [-0.39, 0.29) is 12.5 Å². The van der Waals surface area contributed by atoms with Gasteiger partial charge in [-0.25, -0.2) is 0 Å². The third kappa shape index (κ3) is 3.86. The summed E-state index contributed by atoms with van der Waals surface area (Å²) in [5, 5.41) is 1.23. The van der Waals surface area contributed by atoms with Gasteiger partial charge in [-0.3, -0.25) is 9.59 Å². The summed E-state index contributed by atoms with van der Waals surface area (Å²) < 4.78 is 5.30. The van der Waals surface area contributed by atoms with Gasteiger partial charge in [0.15, 0.2) is 6.61 Å². The van der Waals surface area contributed by atoms with E-state index in [1.807, 2.05) is 17.0 Å². The van der Waals surface area contributed by atoms with E-state index < -0.39 is 5.91 Å². The quantitative estimate of drug-likeness (QED) is 0.716. The maximum atomic E-state index is 12.8. The third-order valence-corrected chi connectivity index (χ3v) is 5.23. The predicted molar refractivity (Wildman–Crippen MR) is 107 cm³/mol. The molecule has 4 rings (SSSR count). The van der Waals surface area contributed by atoms with E-state index >= 15 is 0 Å². The average molecular weight is 377 g/mol. The molecule has 1 fully saturated rings. The zero-order valence-electron chi connectivity index (χ0n) is 15.6. The Balaban J connectivity index is 1.40. The van der Waals surface area contributed by atoms with Crippen LogP contribution >= 0.6 is 0 Å². The number of aromatic amines is 1. The topological polar surface area (TPSA) is 88.4 Å². The fourth-order valence-electron chi connectivity index (χ4n) is 3.77. The Hall–Kier alpha value is -3.28. The number of hydrogen-bond donors (Lipinski definition) is 2. The van der Waals surface area contributed by atoms with Crippen molar-refractivity contribution < 1.29 is 14.3 Å². The molecule has 3 aromatic rings. The lowest BCUT2D eigenvalue weighted by molar-refractivity contribution is -0.119. The lowest BCUT2D eigenvalue weighted by Gasteiger charge is -2.31. The number of H-pyrrole nitrogens is 1. The third-order valence-electron chi connectivity index (χ3n) is 5.23. The van der Waals surface area contributed by atoms with Gasteiger partial charge >= 0.3 is 0 Å². The Morgan fingerprint density at radius 1 is 1.07 bits per heavy atom. The molecule has 2 amide bonds. The molecule has 1 aliphatic rings. The molecular formula is C22H23N3O3. The molecule has 6 heteroatoms. The highest BCUT2D eigenvalue weighted by molar-refractivity contribution is 5.94. The number of nitrogens with one attached hydrogen (secondary N) is 1. The summed E-state index contributed by atoms with van der Waals surface area (Å²) in [4.78, 5) is 29.1. The van der Waals surface area contributed by atoms with Crippen molar-refractivity contribution in [2.45, 2.75) is 18.8 Å². The maximum absolute atomic E-state index is 12.8. The molecule has 0 atom stereocenters. The second-order valence-corrected chi connectivity index (χ2v) is 7.16. The lowest BCUT2D eigenvalue weighted by Crippen LogP contribution is -2.38. The number of piperidine rings is 1. The van der Waals surface area contributed by atoms with Gasteiger partial charge in [-0.1, -0.05) is 24.3 Å². The first-order valence-electron chi connectivity index (χ1n) is 9.48. The van der Waals surface area contributed by atoms with E-state index in [9.17, 15) is 9.59 Å². The molecular weight excluding hydrogens is 354 g/mol. The molecule has 0 spiro atoms. The molecule has 144 valence electrons. The molecule has 0 aliphatic carbocycles. The van der Waals surface area contributed by atoms with Crippen LogP contribution in [-0.4, -0.2) is 41.4 Å². The number of likely N-dealkylation sites (tertiary alicyclic amines) is 1. The van der Waals surface area contributed by atoms with E-state index in [1.54, 1.807) is 24.3 Å². The number of nitrogens with zero attached hydrogens (tertiary/aromatic N) is 1. The summed E-state index contributed by atoms with van der Waals surface area (Å²) in [7, 11) is 0. The van der Waals surface area contributed by atoms with Crippen molar-refractivity contribution in [3.63, 3.8) is 0 Å². The Labute approximate surface area is 163 Å². The highest BCUT2D eigenvalue weighted by Gasteiger charge is 2.25. The Morgan fingerprint density at radius 2 is 1.86 bits per heavy atom. The zero-order valence-corrected chi connectivity index (χ0v) is 15.6. The molecule has 0 bridgehead atoms. The van der Waals surface area contributed by atoms with Crippen molar-refractivity contribution in [1.82, 2.24) is 9.88 Å².